The summed E-state index contributed by atoms with van der Waals surface area (Å²) >= 11 is 0. The second-order valence-corrected chi connectivity index (χ2v) is 7.26. The molecule has 0 aliphatic carbocycles. The van der Waals surface area contributed by atoms with Crippen LogP contribution in [0.5, 0.6) is 0 Å². The molecule has 0 fully saturated rings. The van der Waals surface area contributed by atoms with Gasteiger partial charge < -0.3 is 0 Å². The molecule has 0 saturated heterocycles. The Morgan fingerprint density at radius 3 is 2.69 bits per heavy atom. The van der Waals surface area contributed by atoms with Crippen LogP contribution in [0.3, 0.4) is 0 Å². The number of aromatic nitrogens is 4. The van der Waals surface area contributed by atoms with Crippen LogP contribution in [0.2, 0.25) is 0 Å². The molecule has 3 heterocycles. The van der Waals surface area contributed by atoms with E-state index in [1.807, 2.05) is 34.7 Å². The Bertz CT molecular complexity index is 1220. The van der Waals surface area contributed by atoms with Gasteiger partial charge in [-0.15, -0.1) is 6.58 Å². The first kappa shape index (κ1) is 18.9. The Balaban J connectivity index is 1.73. The number of rotatable bonds is 6. The Morgan fingerprint density at radius 1 is 1.21 bits per heavy atom. The zero-order chi connectivity index (χ0) is 20.5. The maximum atomic E-state index is 13.0. The third-order valence-corrected chi connectivity index (χ3v) is 5.11. The molecule has 0 unspecified atom stereocenters. The SMILES string of the molecule is C=CCn1c(=O)c2c(nc3n2CC(C)=NN3CCCc2ccccc2)n(C)c1=O. The standard InChI is InChI=1S/C21H24N6O2/c1-4-12-25-19(28)17-18(24(3)21(25)29)22-20-26(17)14-15(2)23-27(20)13-8-11-16-9-6-5-7-10-16/h4-7,9-10H,1,8,11-14H2,2-3H3. The molecule has 4 rings (SSSR count). The molecule has 0 radical (unpaired) electrons. The van der Waals surface area contributed by atoms with Crippen molar-refractivity contribution in [1.82, 2.24) is 18.7 Å². The molecule has 0 atom stereocenters. The van der Waals surface area contributed by atoms with Gasteiger partial charge in [0.05, 0.1) is 12.3 Å². The van der Waals surface area contributed by atoms with E-state index < -0.39 is 5.69 Å². The second kappa shape index (κ2) is 7.54. The zero-order valence-corrected chi connectivity index (χ0v) is 16.7. The Morgan fingerprint density at radius 2 is 1.97 bits per heavy atom. The Kier molecular flexibility index (Phi) is 4.92. The van der Waals surface area contributed by atoms with Gasteiger partial charge in [0.1, 0.15) is 0 Å². The Hall–Kier alpha value is -3.42. The van der Waals surface area contributed by atoms with Gasteiger partial charge in [0.15, 0.2) is 11.2 Å². The van der Waals surface area contributed by atoms with E-state index in [1.165, 1.54) is 14.7 Å². The summed E-state index contributed by atoms with van der Waals surface area (Å²) in [5.74, 6) is 0.599. The lowest BCUT2D eigenvalue weighted by atomic mass is 10.1. The van der Waals surface area contributed by atoms with Gasteiger partial charge >= 0.3 is 5.69 Å². The second-order valence-electron chi connectivity index (χ2n) is 7.26. The van der Waals surface area contributed by atoms with Crippen LogP contribution in [-0.4, -0.2) is 30.9 Å². The number of hydrogen-bond donors (Lipinski definition) is 0. The number of hydrazone groups is 1. The highest BCUT2D eigenvalue weighted by atomic mass is 16.2. The first-order valence-electron chi connectivity index (χ1n) is 9.67. The predicted molar refractivity (Wildman–Crippen MR) is 115 cm³/mol. The molecule has 0 spiro atoms. The maximum absolute atomic E-state index is 13.0. The largest absolute Gasteiger partial charge is 0.332 e. The van der Waals surface area contributed by atoms with Gasteiger partial charge in [0, 0.05) is 20.1 Å². The van der Waals surface area contributed by atoms with Gasteiger partial charge in [-0.3, -0.25) is 18.5 Å². The summed E-state index contributed by atoms with van der Waals surface area (Å²) in [6.45, 7) is 6.89. The average molecular weight is 392 g/mol. The highest BCUT2D eigenvalue weighted by Gasteiger charge is 2.26. The quantitative estimate of drug-likeness (QED) is 0.601. The molecule has 0 bridgehead atoms. The van der Waals surface area contributed by atoms with Crippen molar-refractivity contribution in [2.24, 2.45) is 12.1 Å². The minimum Gasteiger partial charge on any atom is -0.297 e. The number of allylic oxidation sites excluding steroid dienone is 1. The summed E-state index contributed by atoms with van der Waals surface area (Å²) in [6, 6.07) is 10.3. The maximum Gasteiger partial charge on any atom is 0.332 e. The normalized spacial score (nSPS) is 13.4. The fourth-order valence-electron chi connectivity index (χ4n) is 3.74. The summed E-state index contributed by atoms with van der Waals surface area (Å²) in [5.41, 5.74) is 2.22. The van der Waals surface area contributed by atoms with Crippen molar-refractivity contribution in [2.45, 2.75) is 32.9 Å². The Labute approximate surface area is 168 Å². The number of imidazole rings is 1. The monoisotopic (exact) mass is 392 g/mol. The minimum absolute atomic E-state index is 0.163. The van der Waals surface area contributed by atoms with Crippen LogP contribution >= 0.6 is 0 Å². The summed E-state index contributed by atoms with van der Waals surface area (Å²) in [7, 11) is 1.64. The fraction of sp³-hybridized carbons (Fsp3) is 0.333. The summed E-state index contributed by atoms with van der Waals surface area (Å²) in [5, 5.41) is 6.48. The lowest BCUT2D eigenvalue weighted by Crippen LogP contribution is -2.39. The topological polar surface area (TPSA) is 77.4 Å². The van der Waals surface area contributed by atoms with Crippen molar-refractivity contribution < 1.29 is 0 Å². The molecule has 8 nitrogen and oxygen atoms in total. The van der Waals surface area contributed by atoms with Crippen molar-refractivity contribution in [2.75, 3.05) is 11.6 Å². The van der Waals surface area contributed by atoms with Crippen LogP contribution in [0.15, 0.2) is 57.7 Å². The van der Waals surface area contributed by atoms with Gasteiger partial charge in [-0.1, -0.05) is 36.4 Å². The molecule has 1 aliphatic heterocycles. The molecular formula is C21H24N6O2. The van der Waals surface area contributed by atoms with Crippen LogP contribution in [0.4, 0.5) is 5.95 Å². The van der Waals surface area contributed by atoms with Crippen molar-refractivity contribution in [3.05, 3.63) is 69.4 Å². The first-order valence-corrected chi connectivity index (χ1v) is 9.67. The van der Waals surface area contributed by atoms with Crippen molar-refractivity contribution in [1.29, 1.82) is 0 Å². The van der Waals surface area contributed by atoms with Crippen LogP contribution in [-0.2, 0) is 26.6 Å². The lowest BCUT2D eigenvalue weighted by molar-refractivity contribution is 0.661. The highest BCUT2D eigenvalue weighted by Crippen LogP contribution is 2.24. The summed E-state index contributed by atoms with van der Waals surface area (Å²) in [6.07, 6.45) is 3.37. The van der Waals surface area contributed by atoms with Crippen molar-refractivity contribution >= 4 is 22.8 Å². The highest BCUT2D eigenvalue weighted by molar-refractivity contribution is 5.87. The van der Waals surface area contributed by atoms with E-state index in [0.717, 1.165) is 18.6 Å². The molecule has 8 heteroatoms. The van der Waals surface area contributed by atoms with Crippen LogP contribution in [0.25, 0.3) is 11.2 Å². The van der Waals surface area contributed by atoms with E-state index in [0.29, 0.717) is 30.2 Å². The number of fused-ring (bicyclic) bond motifs is 3. The number of anilines is 1. The number of nitrogens with zero attached hydrogens (tertiary/aromatic N) is 6. The van der Waals surface area contributed by atoms with E-state index in [4.69, 9.17) is 0 Å². The molecule has 1 aromatic carbocycles. The van der Waals surface area contributed by atoms with E-state index in [9.17, 15) is 9.59 Å². The number of benzene rings is 1. The minimum atomic E-state index is -0.397. The summed E-state index contributed by atoms with van der Waals surface area (Å²) < 4.78 is 4.47. The molecule has 0 N–H and O–H groups in total. The third kappa shape index (κ3) is 3.30. The van der Waals surface area contributed by atoms with Crippen molar-refractivity contribution in [3.63, 3.8) is 0 Å². The smallest absolute Gasteiger partial charge is 0.297 e. The molecule has 0 amide bonds. The average Bonchev–Trinajstić information content (AvgIpc) is 3.10. The van der Waals surface area contributed by atoms with E-state index >= 15 is 0 Å². The molecule has 2 aromatic heterocycles. The van der Waals surface area contributed by atoms with Gasteiger partial charge in [0.25, 0.3) is 5.56 Å². The van der Waals surface area contributed by atoms with Gasteiger partial charge in [-0.25, -0.2) is 9.80 Å². The third-order valence-electron chi connectivity index (χ3n) is 5.11. The zero-order valence-electron chi connectivity index (χ0n) is 16.7. The number of aryl methyl sites for hydroxylation is 2. The van der Waals surface area contributed by atoms with Crippen molar-refractivity contribution in [3.8, 4) is 0 Å². The first-order chi connectivity index (χ1) is 14.0. The predicted octanol–water partition coefficient (Wildman–Crippen LogP) is 1.91. The molecule has 0 saturated carbocycles. The van der Waals surface area contributed by atoms with Gasteiger partial charge in [-0.05, 0) is 25.3 Å². The summed E-state index contributed by atoms with van der Waals surface area (Å²) in [4.78, 5) is 30.2. The molecule has 1 aliphatic rings. The van der Waals surface area contributed by atoms with E-state index in [1.54, 1.807) is 13.1 Å². The van der Waals surface area contributed by atoms with Gasteiger partial charge in [-0.2, -0.15) is 10.1 Å². The van der Waals surface area contributed by atoms with E-state index in [2.05, 4.69) is 28.8 Å². The van der Waals surface area contributed by atoms with Gasteiger partial charge in [0.2, 0.25) is 5.95 Å². The van der Waals surface area contributed by atoms with Crippen LogP contribution in [0.1, 0.15) is 18.9 Å². The molecule has 150 valence electrons. The molecule has 3 aromatic rings. The number of hydrogen-bond acceptors (Lipinski definition) is 5. The lowest BCUT2D eigenvalue weighted by Gasteiger charge is -2.24. The van der Waals surface area contributed by atoms with Crippen LogP contribution in [0, 0.1) is 0 Å². The van der Waals surface area contributed by atoms with Crippen LogP contribution < -0.4 is 16.3 Å². The molecular weight excluding hydrogens is 368 g/mol. The molecule has 29 heavy (non-hydrogen) atoms. The van der Waals surface area contributed by atoms with E-state index in [-0.39, 0.29) is 12.1 Å². The fourth-order valence-corrected chi connectivity index (χ4v) is 3.74.